The minimum Gasteiger partial charge on any atom is -0.289 e. The fraction of sp³-hybridized carbons (Fsp3) is 0. The van der Waals surface area contributed by atoms with Crippen LogP contribution in [0.4, 0.5) is 0 Å². The number of rotatable bonds is 1. The van der Waals surface area contributed by atoms with Crippen LogP contribution in [0.5, 0.6) is 0 Å². The van der Waals surface area contributed by atoms with Crippen LogP contribution in [0.2, 0.25) is 0 Å². The highest BCUT2D eigenvalue weighted by atomic mass is 79.9. The van der Waals surface area contributed by atoms with Crippen molar-refractivity contribution >= 4 is 33.2 Å². The van der Waals surface area contributed by atoms with E-state index >= 15 is 0 Å². The van der Waals surface area contributed by atoms with E-state index in [0.717, 1.165) is 4.47 Å². The van der Waals surface area contributed by atoms with Crippen molar-refractivity contribution in [2.45, 2.75) is 0 Å². The van der Waals surface area contributed by atoms with E-state index in [1.807, 2.05) is 10.8 Å². The molecule has 0 spiro atoms. The molecule has 5 heteroatoms. The number of halogens is 1. The van der Waals surface area contributed by atoms with E-state index in [1.165, 1.54) is 11.3 Å². The Hall–Kier alpha value is -0.390. The minimum atomic E-state index is -0.262. The monoisotopic (exact) mass is 220 g/mol. The van der Waals surface area contributed by atoms with Crippen LogP contribution >= 0.6 is 27.3 Å². The third-order valence-electron chi connectivity index (χ3n) is 0.955. The maximum atomic E-state index is 10.8. The van der Waals surface area contributed by atoms with E-state index in [-0.39, 0.29) is 5.91 Å². The first-order valence-corrected chi connectivity index (χ1v) is 4.17. The molecule has 0 unspecified atom stereocenters. The van der Waals surface area contributed by atoms with Crippen molar-refractivity contribution in [1.82, 2.24) is 5.43 Å². The number of hydrazine groups is 1. The van der Waals surface area contributed by atoms with E-state index in [0.29, 0.717) is 4.88 Å². The number of carbonyl (C=O) groups excluding carboxylic acids is 1. The maximum Gasteiger partial charge on any atom is 0.276 e. The molecule has 54 valence electrons. The molecule has 0 radical (unpaired) electrons. The summed E-state index contributed by atoms with van der Waals surface area (Å²) in [5, 5.41) is 1.81. The summed E-state index contributed by atoms with van der Waals surface area (Å²) in [5.41, 5.74) is 2.05. The van der Waals surface area contributed by atoms with Crippen molar-refractivity contribution in [3.8, 4) is 0 Å². The van der Waals surface area contributed by atoms with E-state index < -0.39 is 0 Å². The van der Waals surface area contributed by atoms with Gasteiger partial charge in [0.2, 0.25) is 0 Å². The highest BCUT2D eigenvalue weighted by molar-refractivity contribution is 9.10. The number of nitrogens with two attached hydrogens (primary N) is 1. The van der Waals surface area contributed by atoms with Crippen molar-refractivity contribution in [3.05, 3.63) is 20.8 Å². The number of nitrogen functional groups attached to an aromatic ring is 1. The Morgan fingerprint density at radius 1 is 1.80 bits per heavy atom. The van der Waals surface area contributed by atoms with Crippen LogP contribution in [-0.2, 0) is 0 Å². The Bertz CT molecular complexity index is 248. The summed E-state index contributed by atoms with van der Waals surface area (Å²) >= 11 is 4.54. The van der Waals surface area contributed by atoms with Gasteiger partial charge >= 0.3 is 0 Å². The van der Waals surface area contributed by atoms with Crippen molar-refractivity contribution in [1.29, 1.82) is 0 Å². The topological polar surface area (TPSA) is 55.1 Å². The molecule has 1 amide bonds. The molecule has 10 heavy (non-hydrogen) atoms. The van der Waals surface area contributed by atoms with Gasteiger partial charge in [0, 0.05) is 4.47 Å². The summed E-state index contributed by atoms with van der Waals surface area (Å²) in [5.74, 6) is 4.66. The van der Waals surface area contributed by atoms with Crippen LogP contribution in [-0.4, -0.2) is 5.91 Å². The van der Waals surface area contributed by atoms with Gasteiger partial charge in [-0.3, -0.25) is 10.2 Å². The summed E-state index contributed by atoms with van der Waals surface area (Å²) in [6.45, 7) is 0. The number of amides is 1. The molecule has 1 aromatic rings. The van der Waals surface area contributed by atoms with Gasteiger partial charge in [-0.15, -0.1) is 11.3 Å². The Morgan fingerprint density at radius 3 is 2.90 bits per heavy atom. The van der Waals surface area contributed by atoms with Gasteiger partial charge in [0.05, 0.1) is 0 Å². The van der Waals surface area contributed by atoms with E-state index in [1.54, 1.807) is 6.07 Å². The zero-order valence-electron chi connectivity index (χ0n) is 4.93. The van der Waals surface area contributed by atoms with Crippen molar-refractivity contribution in [2.24, 2.45) is 5.84 Å². The SMILES string of the molecule is NNC(=O)c1sccc1Br. The summed E-state index contributed by atoms with van der Waals surface area (Å²) < 4.78 is 0.778. The smallest absolute Gasteiger partial charge is 0.276 e. The van der Waals surface area contributed by atoms with Gasteiger partial charge in [-0.2, -0.15) is 0 Å². The molecule has 1 aromatic heterocycles. The zero-order chi connectivity index (χ0) is 7.56. The first-order chi connectivity index (χ1) is 4.75. The maximum absolute atomic E-state index is 10.8. The molecule has 0 aliphatic carbocycles. The minimum absolute atomic E-state index is 0.262. The molecular weight excluding hydrogens is 216 g/mol. The predicted molar refractivity (Wildman–Crippen MR) is 43.7 cm³/mol. The molecule has 0 aromatic carbocycles. The Balaban J connectivity index is 2.93. The number of carbonyl (C=O) groups is 1. The normalized spacial score (nSPS) is 9.40. The lowest BCUT2D eigenvalue weighted by atomic mass is 10.4. The van der Waals surface area contributed by atoms with Crippen molar-refractivity contribution in [2.75, 3.05) is 0 Å². The third kappa shape index (κ3) is 1.36. The first kappa shape index (κ1) is 7.71. The highest BCUT2D eigenvalue weighted by Gasteiger charge is 2.08. The van der Waals surface area contributed by atoms with Gasteiger partial charge in [0.15, 0.2) is 0 Å². The van der Waals surface area contributed by atoms with Gasteiger partial charge < -0.3 is 0 Å². The molecule has 0 saturated heterocycles. The standard InChI is InChI=1S/C5H5BrN2OS/c6-3-1-2-10-4(3)5(9)8-7/h1-2H,7H2,(H,8,9). The van der Waals surface area contributed by atoms with Crippen molar-refractivity contribution < 1.29 is 4.79 Å². The summed E-state index contributed by atoms with van der Waals surface area (Å²) in [4.78, 5) is 11.4. The molecule has 0 bridgehead atoms. The average molecular weight is 221 g/mol. The molecule has 3 N–H and O–H groups in total. The summed E-state index contributed by atoms with van der Waals surface area (Å²) in [6.07, 6.45) is 0. The van der Waals surface area contributed by atoms with E-state index in [4.69, 9.17) is 5.84 Å². The van der Waals surface area contributed by atoms with Gasteiger partial charge in [-0.1, -0.05) is 0 Å². The molecule has 0 saturated carbocycles. The van der Waals surface area contributed by atoms with Crippen LogP contribution in [0.3, 0.4) is 0 Å². The quantitative estimate of drug-likeness (QED) is 0.424. The second kappa shape index (κ2) is 3.14. The molecule has 1 rings (SSSR count). The lowest BCUT2D eigenvalue weighted by Gasteiger charge is -1.93. The lowest BCUT2D eigenvalue weighted by molar-refractivity contribution is 0.0957. The largest absolute Gasteiger partial charge is 0.289 e. The Labute approximate surface area is 70.3 Å². The molecule has 1 heterocycles. The molecule has 3 nitrogen and oxygen atoms in total. The Morgan fingerprint density at radius 2 is 2.50 bits per heavy atom. The van der Waals surface area contributed by atoms with E-state index in [9.17, 15) is 4.79 Å². The molecule has 0 aliphatic heterocycles. The molecule has 0 fully saturated rings. The number of thiophene rings is 1. The second-order valence-electron chi connectivity index (χ2n) is 1.57. The van der Waals surface area contributed by atoms with Gasteiger partial charge in [0.25, 0.3) is 5.91 Å². The average Bonchev–Trinajstić information content (AvgIpc) is 2.34. The molecular formula is C5H5BrN2OS. The van der Waals surface area contributed by atoms with Gasteiger partial charge in [-0.05, 0) is 27.4 Å². The van der Waals surface area contributed by atoms with E-state index in [2.05, 4.69) is 15.9 Å². The Kier molecular flexibility index (Phi) is 2.42. The van der Waals surface area contributed by atoms with Crippen molar-refractivity contribution in [3.63, 3.8) is 0 Å². The zero-order valence-corrected chi connectivity index (χ0v) is 7.33. The van der Waals surface area contributed by atoms with Gasteiger partial charge in [-0.25, -0.2) is 5.84 Å². The number of hydrogen-bond donors (Lipinski definition) is 2. The first-order valence-electron chi connectivity index (χ1n) is 2.49. The van der Waals surface area contributed by atoms with Gasteiger partial charge in [0.1, 0.15) is 4.88 Å². The summed E-state index contributed by atoms with van der Waals surface area (Å²) in [7, 11) is 0. The van der Waals surface area contributed by atoms with Crippen LogP contribution < -0.4 is 11.3 Å². The predicted octanol–water partition coefficient (Wildman–Crippen LogP) is 1.11. The number of hydrogen-bond acceptors (Lipinski definition) is 3. The number of nitrogens with one attached hydrogen (secondary N) is 1. The lowest BCUT2D eigenvalue weighted by Crippen LogP contribution is -2.29. The van der Waals surface area contributed by atoms with Crippen LogP contribution in [0.1, 0.15) is 9.67 Å². The molecule has 0 atom stereocenters. The fourth-order valence-corrected chi connectivity index (χ4v) is 1.98. The van der Waals surface area contributed by atoms with Crippen LogP contribution in [0.25, 0.3) is 0 Å². The second-order valence-corrected chi connectivity index (χ2v) is 3.34. The third-order valence-corrected chi connectivity index (χ3v) is 2.79. The van der Waals surface area contributed by atoms with Crippen LogP contribution in [0.15, 0.2) is 15.9 Å². The molecule has 0 aliphatic rings. The summed E-state index contributed by atoms with van der Waals surface area (Å²) in [6, 6.07) is 1.80. The highest BCUT2D eigenvalue weighted by Crippen LogP contribution is 2.21. The van der Waals surface area contributed by atoms with Crippen LogP contribution in [0, 0.1) is 0 Å². The fourth-order valence-electron chi connectivity index (χ4n) is 0.521.